The van der Waals surface area contributed by atoms with E-state index in [1.165, 1.54) is 6.08 Å². The Morgan fingerprint density at radius 3 is 2.71 bits per heavy atom. The number of hydrogen-bond donors (Lipinski definition) is 2. The van der Waals surface area contributed by atoms with Gasteiger partial charge in [-0.3, -0.25) is 0 Å². The van der Waals surface area contributed by atoms with Crippen molar-refractivity contribution in [1.29, 1.82) is 0 Å². The van der Waals surface area contributed by atoms with Crippen molar-refractivity contribution in [3.63, 3.8) is 0 Å². The van der Waals surface area contributed by atoms with Crippen LogP contribution in [0, 0.1) is 0 Å². The van der Waals surface area contributed by atoms with Crippen LogP contribution in [0.15, 0.2) is 36.9 Å². The van der Waals surface area contributed by atoms with Crippen LogP contribution in [0.2, 0.25) is 0 Å². The maximum Gasteiger partial charge on any atom is 0.119 e. The summed E-state index contributed by atoms with van der Waals surface area (Å²) < 4.78 is 5.00. The molecule has 1 aromatic rings. The highest BCUT2D eigenvalue weighted by atomic mass is 16.5. The molecular formula is C11H14O3. The van der Waals surface area contributed by atoms with Crippen LogP contribution in [0.25, 0.3) is 0 Å². The van der Waals surface area contributed by atoms with Crippen molar-refractivity contribution in [2.45, 2.75) is 12.2 Å². The maximum absolute atomic E-state index is 9.63. The SMILES string of the molecule is C=C[C@@H](O)[C@H](O)c1cccc(OC)c1. The molecule has 0 saturated heterocycles. The summed E-state index contributed by atoms with van der Waals surface area (Å²) in [5.74, 6) is 0.651. The van der Waals surface area contributed by atoms with Gasteiger partial charge in [-0.2, -0.15) is 0 Å². The molecule has 76 valence electrons. The number of hydrogen-bond acceptors (Lipinski definition) is 3. The Morgan fingerprint density at radius 1 is 1.43 bits per heavy atom. The summed E-state index contributed by atoms with van der Waals surface area (Å²) in [6, 6.07) is 6.93. The molecule has 2 N–H and O–H groups in total. The smallest absolute Gasteiger partial charge is 0.119 e. The predicted molar refractivity (Wildman–Crippen MR) is 54.2 cm³/mol. The third kappa shape index (κ3) is 2.34. The number of rotatable bonds is 4. The molecule has 0 fully saturated rings. The molecule has 0 aliphatic heterocycles. The first kappa shape index (κ1) is 10.8. The molecule has 3 heteroatoms. The molecule has 0 bridgehead atoms. The standard InChI is InChI=1S/C11H14O3/c1-3-10(12)11(13)8-5-4-6-9(7-8)14-2/h3-7,10-13H,1H2,2H3/t10-,11-/m1/s1. The van der Waals surface area contributed by atoms with Crippen LogP contribution in [0.4, 0.5) is 0 Å². The Kier molecular flexibility index (Phi) is 3.68. The highest BCUT2D eigenvalue weighted by Crippen LogP contribution is 2.21. The molecule has 0 aliphatic carbocycles. The van der Waals surface area contributed by atoms with Gasteiger partial charge in [-0.15, -0.1) is 6.58 Å². The van der Waals surface area contributed by atoms with E-state index in [1.54, 1.807) is 31.4 Å². The highest BCUT2D eigenvalue weighted by molar-refractivity contribution is 5.30. The minimum absolute atomic E-state index is 0.608. The van der Waals surface area contributed by atoms with Gasteiger partial charge in [0.25, 0.3) is 0 Å². The van der Waals surface area contributed by atoms with Crippen molar-refractivity contribution >= 4 is 0 Å². The van der Waals surface area contributed by atoms with Crippen LogP contribution in [-0.4, -0.2) is 23.4 Å². The molecule has 0 aliphatic rings. The summed E-state index contributed by atoms with van der Waals surface area (Å²) in [6.45, 7) is 3.41. The largest absolute Gasteiger partial charge is 0.497 e. The summed E-state index contributed by atoms with van der Waals surface area (Å²) in [7, 11) is 1.55. The molecule has 2 atom stereocenters. The Balaban J connectivity index is 2.89. The molecule has 1 aromatic carbocycles. The predicted octanol–water partition coefficient (Wildman–Crippen LogP) is 1.28. The van der Waals surface area contributed by atoms with E-state index < -0.39 is 12.2 Å². The Hall–Kier alpha value is -1.32. The summed E-state index contributed by atoms with van der Waals surface area (Å²) in [6.07, 6.45) is -0.617. The average molecular weight is 194 g/mol. The van der Waals surface area contributed by atoms with Crippen LogP contribution in [-0.2, 0) is 0 Å². The number of benzene rings is 1. The second kappa shape index (κ2) is 4.79. The average Bonchev–Trinajstić information content (AvgIpc) is 2.27. The Bertz CT molecular complexity index is 309. The first-order valence-electron chi connectivity index (χ1n) is 4.31. The zero-order valence-electron chi connectivity index (χ0n) is 8.05. The molecule has 0 heterocycles. The van der Waals surface area contributed by atoms with E-state index >= 15 is 0 Å². The number of aliphatic hydroxyl groups is 2. The van der Waals surface area contributed by atoms with Gasteiger partial charge in [0, 0.05) is 0 Å². The van der Waals surface area contributed by atoms with E-state index in [0.29, 0.717) is 11.3 Å². The lowest BCUT2D eigenvalue weighted by Crippen LogP contribution is -2.14. The Morgan fingerprint density at radius 2 is 2.14 bits per heavy atom. The quantitative estimate of drug-likeness (QED) is 0.710. The van der Waals surface area contributed by atoms with Gasteiger partial charge in [-0.05, 0) is 17.7 Å². The fraction of sp³-hybridized carbons (Fsp3) is 0.273. The highest BCUT2D eigenvalue weighted by Gasteiger charge is 2.15. The van der Waals surface area contributed by atoms with Crippen molar-refractivity contribution in [3.05, 3.63) is 42.5 Å². The van der Waals surface area contributed by atoms with Gasteiger partial charge in [0.2, 0.25) is 0 Å². The van der Waals surface area contributed by atoms with Gasteiger partial charge in [0.15, 0.2) is 0 Å². The van der Waals surface area contributed by atoms with Crippen molar-refractivity contribution in [3.8, 4) is 5.75 Å². The molecule has 0 unspecified atom stereocenters. The second-order valence-corrected chi connectivity index (χ2v) is 2.95. The van der Waals surface area contributed by atoms with Crippen LogP contribution in [0.1, 0.15) is 11.7 Å². The van der Waals surface area contributed by atoms with Crippen molar-refractivity contribution < 1.29 is 14.9 Å². The van der Waals surface area contributed by atoms with Gasteiger partial charge in [0.1, 0.15) is 18.0 Å². The van der Waals surface area contributed by atoms with Crippen molar-refractivity contribution in [1.82, 2.24) is 0 Å². The molecule has 0 amide bonds. The monoisotopic (exact) mass is 194 g/mol. The molecule has 0 radical (unpaired) electrons. The zero-order valence-corrected chi connectivity index (χ0v) is 8.05. The van der Waals surface area contributed by atoms with E-state index in [-0.39, 0.29) is 0 Å². The summed E-state index contributed by atoms with van der Waals surface area (Å²) in [4.78, 5) is 0. The summed E-state index contributed by atoms with van der Waals surface area (Å²) in [5, 5.41) is 19.0. The lowest BCUT2D eigenvalue weighted by Gasteiger charge is -2.15. The normalized spacial score (nSPS) is 14.5. The van der Waals surface area contributed by atoms with Gasteiger partial charge in [-0.25, -0.2) is 0 Å². The fourth-order valence-electron chi connectivity index (χ4n) is 1.15. The topological polar surface area (TPSA) is 49.7 Å². The zero-order chi connectivity index (χ0) is 10.6. The van der Waals surface area contributed by atoms with Gasteiger partial charge >= 0.3 is 0 Å². The van der Waals surface area contributed by atoms with Crippen molar-refractivity contribution in [2.24, 2.45) is 0 Å². The van der Waals surface area contributed by atoms with E-state index in [9.17, 15) is 10.2 Å². The lowest BCUT2D eigenvalue weighted by molar-refractivity contribution is 0.0483. The van der Waals surface area contributed by atoms with Crippen molar-refractivity contribution in [2.75, 3.05) is 7.11 Å². The van der Waals surface area contributed by atoms with E-state index in [1.807, 2.05) is 0 Å². The van der Waals surface area contributed by atoms with E-state index in [4.69, 9.17) is 4.74 Å². The minimum atomic E-state index is -0.956. The van der Waals surface area contributed by atoms with Crippen LogP contribution < -0.4 is 4.74 Å². The fourth-order valence-corrected chi connectivity index (χ4v) is 1.15. The van der Waals surface area contributed by atoms with Crippen LogP contribution in [0.5, 0.6) is 5.75 Å². The third-order valence-corrected chi connectivity index (χ3v) is 2.00. The molecule has 1 rings (SSSR count). The molecular weight excluding hydrogens is 180 g/mol. The first-order valence-corrected chi connectivity index (χ1v) is 4.31. The Labute approximate surface area is 83.3 Å². The molecule has 14 heavy (non-hydrogen) atoms. The molecule has 0 saturated carbocycles. The van der Waals surface area contributed by atoms with Gasteiger partial charge in [-0.1, -0.05) is 18.2 Å². The molecule has 0 spiro atoms. The number of ether oxygens (including phenoxy) is 1. The van der Waals surface area contributed by atoms with Crippen LogP contribution >= 0.6 is 0 Å². The number of aliphatic hydroxyl groups excluding tert-OH is 2. The summed E-state index contributed by atoms with van der Waals surface area (Å²) in [5.41, 5.74) is 0.608. The minimum Gasteiger partial charge on any atom is -0.497 e. The lowest BCUT2D eigenvalue weighted by atomic mass is 10.0. The van der Waals surface area contributed by atoms with Crippen LogP contribution in [0.3, 0.4) is 0 Å². The molecule has 3 nitrogen and oxygen atoms in total. The van der Waals surface area contributed by atoms with E-state index in [2.05, 4.69) is 6.58 Å². The van der Waals surface area contributed by atoms with Gasteiger partial charge < -0.3 is 14.9 Å². The van der Waals surface area contributed by atoms with E-state index in [0.717, 1.165) is 0 Å². The first-order chi connectivity index (χ1) is 6.69. The summed E-state index contributed by atoms with van der Waals surface area (Å²) >= 11 is 0. The third-order valence-electron chi connectivity index (χ3n) is 2.00. The van der Waals surface area contributed by atoms with Gasteiger partial charge in [0.05, 0.1) is 7.11 Å². The maximum atomic E-state index is 9.63. The number of methoxy groups -OCH3 is 1. The second-order valence-electron chi connectivity index (χ2n) is 2.95. The molecule has 0 aromatic heterocycles.